The highest BCUT2D eigenvalue weighted by Gasteiger charge is 2.23. The van der Waals surface area contributed by atoms with Crippen LogP contribution in [-0.2, 0) is 6.54 Å². The number of hydrogen-bond acceptors (Lipinski definition) is 3. The van der Waals surface area contributed by atoms with Crippen LogP contribution >= 0.6 is 0 Å². The highest BCUT2D eigenvalue weighted by molar-refractivity contribution is 5.98. The van der Waals surface area contributed by atoms with E-state index in [9.17, 15) is 9.18 Å². The Kier molecular flexibility index (Phi) is 5.26. The largest absolute Gasteiger partial charge is 0.496 e. The zero-order valence-corrected chi connectivity index (χ0v) is 15.9. The fraction of sp³-hybridized carbons (Fsp3) is 0.261. The first-order valence-electron chi connectivity index (χ1n) is 9.47. The standard InChI is InChI=1S/C23H23FN2O2/c1-28-22-9-8-21(24)15-20(22)16-25-10-12-26(13-11-25)23(27)19-7-6-17-4-2-3-5-18(17)14-19/h2-9,14-15H,10-13,16H2,1H3. The number of ether oxygens (including phenoxy) is 1. The van der Waals surface area contributed by atoms with Gasteiger partial charge in [0.2, 0.25) is 0 Å². The second-order valence-electron chi connectivity index (χ2n) is 7.09. The topological polar surface area (TPSA) is 32.8 Å². The highest BCUT2D eigenvalue weighted by atomic mass is 19.1. The Balaban J connectivity index is 1.41. The van der Waals surface area contributed by atoms with Gasteiger partial charge in [-0.25, -0.2) is 4.39 Å². The van der Waals surface area contributed by atoms with Gasteiger partial charge >= 0.3 is 0 Å². The predicted molar refractivity (Wildman–Crippen MR) is 108 cm³/mol. The Morgan fingerprint density at radius 3 is 2.46 bits per heavy atom. The van der Waals surface area contributed by atoms with Gasteiger partial charge in [0.05, 0.1) is 7.11 Å². The molecule has 1 saturated heterocycles. The van der Waals surface area contributed by atoms with Gasteiger partial charge in [-0.15, -0.1) is 0 Å². The number of carbonyl (C=O) groups is 1. The lowest BCUT2D eigenvalue weighted by atomic mass is 10.1. The molecule has 0 bridgehead atoms. The molecule has 0 spiro atoms. The zero-order valence-electron chi connectivity index (χ0n) is 15.9. The SMILES string of the molecule is COc1ccc(F)cc1CN1CCN(C(=O)c2ccc3ccccc3c2)CC1. The van der Waals surface area contributed by atoms with Crippen LogP contribution in [0.4, 0.5) is 4.39 Å². The van der Waals surface area contributed by atoms with Crippen LogP contribution in [0.1, 0.15) is 15.9 Å². The van der Waals surface area contributed by atoms with Crippen molar-refractivity contribution in [1.29, 1.82) is 0 Å². The number of methoxy groups -OCH3 is 1. The molecule has 0 unspecified atom stereocenters. The lowest BCUT2D eigenvalue weighted by Gasteiger charge is -2.35. The minimum absolute atomic E-state index is 0.0636. The van der Waals surface area contributed by atoms with Crippen LogP contribution in [0.2, 0.25) is 0 Å². The third-order valence-corrected chi connectivity index (χ3v) is 5.29. The first kappa shape index (κ1) is 18.4. The van der Waals surface area contributed by atoms with E-state index in [0.717, 1.165) is 35.0 Å². The van der Waals surface area contributed by atoms with Crippen LogP contribution in [0, 0.1) is 5.82 Å². The van der Waals surface area contributed by atoms with Gasteiger partial charge < -0.3 is 9.64 Å². The maximum absolute atomic E-state index is 13.6. The summed E-state index contributed by atoms with van der Waals surface area (Å²) >= 11 is 0. The second-order valence-corrected chi connectivity index (χ2v) is 7.09. The Hall–Kier alpha value is -2.92. The smallest absolute Gasteiger partial charge is 0.253 e. The molecule has 0 aromatic heterocycles. The Morgan fingerprint density at radius 2 is 1.71 bits per heavy atom. The number of carbonyl (C=O) groups excluding carboxylic acids is 1. The van der Waals surface area contributed by atoms with Crippen LogP contribution in [-0.4, -0.2) is 49.0 Å². The molecule has 1 aliphatic heterocycles. The van der Waals surface area contributed by atoms with E-state index in [1.807, 2.05) is 47.4 Å². The summed E-state index contributed by atoms with van der Waals surface area (Å²) in [5.41, 5.74) is 1.55. The molecule has 28 heavy (non-hydrogen) atoms. The van der Waals surface area contributed by atoms with Crippen LogP contribution in [0.3, 0.4) is 0 Å². The van der Waals surface area contributed by atoms with E-state index in [2.05, 4.69) is 4.90 Å². The van der Waals surface area contributed by atoms with E-state index in [0.29, 0.717) is 25.4 Å². The Bertz CT molecular complexity index is 997. The summed E-state index contributed by atoms with van der Waals surface area (Å²) in [7, 11) is 1.59. The maximum Gasteiger partial charge on any atom is 0.253 e. The third-order valence-electron chi connectivity index (χ3n) is 5.29. The van der Waals surface area contributed by atoms with E-state index in [-0.39, 0.29) is 11.7 Å². The first-order chi connectivity index (χ1) is 13.6. The second kappa shape index (κ2) is 7.98. The van der Waals surface area contributed by atoms with Crippen molar-refractivity contribution >= 4 is 16.7 Å². The van der Waals surface area contributed by atoms with E-state index in [1.165, 1.54) is 12.1 Å². The van der Waals surface area contributed by atoms with Gasteiger partial charge in [-0.3, -0.25) is 9.69 Å². The van der Waals surface area contributed by atoms with Crippen molar-refractivity contribution in [2.75, 3.05) is 33.3 Å². The van der Waals surface area contributed by atoms with Gasteiger partial charge in [-0.05, 0) is 41.1 Å². The Morgan fingerprint density at radius 1 is 0.964 bits per heavy atom. The summed E-state index contributed by atoms with van der Waals surface area (Å²) in [6, 6.07) is 18.5. The molecular formula is C23H23FN2O2. The van der Waals surface area contributed by atoms with Crippen LogP contribution in [0.25, 0.3) is 10.8 Å². The summed E-state index contributed by atoms with van der Waals surface area (Å²) in [5, 5.41) is 2.21. The molecule has 0 saturated carbocycles. The molecule has 5 heteroatoms. The van der Waals surface area contributed by atoms with Gasteiger partial charge in [0.15, 0.2) is 0 Å². The predicted octanol–water partition coefficient (Wildman–Crippen LogP) is 3.95. The summed E-state index contributed by atoms with van der Waals surface area (Å²) in [6.45, 7) is 3.42. The minimum Gasteiger partial charge on any atom is -0.496 e. The first-order valence-corrected chi connectivity index (χ1v) is 9.47. The van der Waals surface area contributed by atoms with E-state index in [4.69, 9.17) is 4.74 Å². The average Bonchev–Trinajstić information content (AvgIpc) is 2.73. The van der Waals surface area contributed by atoms with Crippen molar-refractivity contribution in [2.24, 2.45) is 0 Å². The molecule has 0 aliphatic carbocycles. The maximum atomic E-state index is 13.6. The van der Waals surface area contributed by atoms with Crippen LogP contribution < -0.4 is 4.74 Å². The molecule has 1 fully saturated rings. The van der Waals surface area contributed by atoms with E-state index in [1.54, 1.807) is 13.2 Å². The van der Waals surface area contributed by atoms with Crippen molar-refractivity contribution in [3.8, 4) is 5.75 Å². The number of fused-ring (bicyclic) bond motifs is 1. The fourth-order valence-corrected chi connectivity index (χ4v) is 3.73. The molecule has 0 atom stereocenters. The Labute approximate surface area is 164 Å². The highest BCUT2D eigenvalue weighted by Crippen LogP contribution is 2.22. The molecule has 0 N–H and O–H groups in total. The van der Waals surface area contributed by atoms with Gasteiger partial charge in [0.1, 0.15) is 11.6 Å². The monoisotopic (exact) mass is 378 g/mol. The quantitative estimate of drug-likeness (QED) is 0.689. The number of benzene rings is 3. The summed E-state index contributed by atoms with van der Waals surface area (Å²) in [4.78, 5) is 17.0. The van der Waals surface area contributed by atoms with Crippen LogP contribution in [0.5, 0.6) is 5.75 Å². The number of halogens is 1. The van der Waals surface area contributed by atoms with Crippen molar-refractivity contribution < 1.29 is 13.9 Å². The average molecular weight is 378 g/mol. The zero-order chi connectivity index (χ0) is 19.5. The molecule has 3 aromatic carbocycles. The summed E-state index contributed by atoms with van der Waals surface area (Å²) in [5.74, 6) is 0.491. The molecule has 1 heterocycles. The third kappa shape index (κ3) is 3.85. The van der Waals surface area contributed by atoms with Crippen molar-refractivity contribution in [2.45, 2.75) is 6.54 Å². The fourth-order valence-electron chi connectivity index (χ4n) is 3.73. The molecular weight excluding hydrogens is 355 g/mol. The molecule has 144 valence electrons. The van der Waals surface area contributed by atoms with Gasteiger partial charge in [0, 0.05) is 43.9 Å². The summed E-state index contributed by atoms with van der Waals surface area (Å²) < 4.78 is 18.9. The number of amides is 1. The number of piperazine rings is 1. The van der Waals surface area contributed by atoms with Crippen molar-refractivity contribution in [1.82, 2.24) is 9.80 Å². The normalized spacial score (nSPS) is 15.0. The van der Waals surface area contributed by atoms with Crippen molar-refractivity contribution in [3.05, 3.63) is 77.6 Å². The van der Waals surface area contributed by atoms with Crippen molar-refractivity contribution in [3.63, 3.8) is 0 Å². The van der Waals surface area contributed by atoms with E-state index < -0.39 is 0 Å². The van der Waals surface area contributed by atoms with Crippen LogP contribution in [0.15, 0.2) is 60.7 Å². The number of hydrogen-bond donors (Lipinski definition) is 0. The molecule has 1 amide bonds. The van der Waals surface area contributed by atoms with Gasteiger partial charge in [0.25, 0.3) is 5.91 Å². The molecule has 3 aromatic rings. The molecule has 1 aliphatic rings. The minimum atomic E-state index is -0.263. The summed E-state index contributed by atoms with van der Waals surface area (Å²) in [6.07, 6.45) is 0. The molecule has 4 nitrogen and oxygen atoms in total. The number of rotatable bonds is 4. The van der Waals surface area contributed by atoms with Gasteiger partial charge in [-0.1, -0.05) is 30.3 Å². The molecule has 4 rings (SSSR count). The lowest BCUT2D eigenvalue weighted by Crippen LogP contribution is -2.48. The van der Waals surface area contributed by atoms with E-state index >= 15 is 0 Å². The molecule has 0 radical (unpaired) electrons. The number of nitrogens with zero attached hydrogens (tertiary/aromatic N) is 2. The van der Waals surface area contributed by atoms with Gasteiger partial charge in [-0.2, -0.15) is 0 Å². The lowest BCUT2D eigenvalue weighted by molar-refractivity contribution is 0.0627.